The summed E-state index contributed by atoms with van der Waals surface area (Å²) in [6, 6.07) is 8.24. The number of anilines is 1. The number of ether oxygens (including phenoxy) is 1. The van der Waals surface area contributed by atoms with E-state index in [4.69, 9.17) is 17.0 Å². The molecule has 0 radical (unpaired) electrons. The minimum absolute atomic E-state index is 0.311. The molecule has 1 heterocycles. The van der Waals surface area contributed by atoms with Gasteiger partial charge in [0, 0.05) is 18.8 Å². The number of hydrogen-bond donors (Lipinski definition) is 2. The van der Waals surface area contributed by atoms with Gasteiger partial charge in [-0.1, -0.05) is 25.1 Å². The maximum atomic E-state index is 5.55. The third-order valence-electron chi connectivity index (χ3n) is 3.16. The number of rotatable bonds is 4. The lowest BCUT2D eigenvalue weighted by molar-refractivity contribution is 0.114. The van der Waals surface area contributed by atoms with E-state index in [0.29, 0.717) is 11.2 Å². The minimum atomic E-state index is 0.311. The number of benzene rings is 1. The molecule has 0 aromatic heterocycles. The molecule has 98 valence electrons. The summed E-state index contributed by atoms with van der Waals surface area (Å²) in [5.41, 5.74) is 2.36. The first kappa shape index (κ1) is 13.3. The van der Waals surface area contributed by atoms with Crippen molar-refractivity contribution in [1.82, 2.24) is 5.32 Å². The van der Waals surface area contributed by atoms with Gasteiger partial charge in [-0.15, -0.1) is 0 Å². The molecule has 1 atom stereocenters. The zero-order chi connectivity index (χ0) is 12.8. The number of nitrogens with one attached hydrogen (secondary N) is 2. The molecule has 2 N–H and O–H groups in total. The van der Waals surface area contributed by atoms with E-state index in [1.54, 1.807) is 0 Å². The van der Waals surface area contributed by atoms with E-state index in [1.165, 1.54) is 5.56 Å². The van der Waals surface area contributed by atoms with Crippen molar-refractivity contribution in [3.05, 3.63) is 29.8 Å². The smallest absolute Gasteiger partial charge is 0.170 e. The van der Waals surface area contributed by atoms with Crippen LogP contribution in [0.5, 0.6) is 0 Å². The van der Waals surface area contributed by atoms with Crippen LogP contribution in [0.25, 0.3) is 0 Å². The molecule has 4 heteroatoms. The maximum Gasteiger partial charge on any atom is 0.170 e. The highest BCUT2D eigenvalue weighted by atomic mass is 32.1. The van der Waals surface area contributed by atoms with Crippen molar-refractivity contribution in [1.29, 1.82) is 0 Å². The van der Waals surface area contributed by atoms with E-state index in [1.807, 2.05) is 12.1 Å². The Morgan fingerprint density at radius 3 is 3.00 bits per heavy atom. The highest BCUT2D eigenvalue weighted by molar-refractivity contribution is 7.80. The van der Waals surface area contributed by atoms with Crippen LogP contribution in [0.4, 0.5) is 5.69 Å². The Balaban J connectivity index is 1.82. The number of para-hydroxylation sites is 1. The fourth-order valence-electron chi connectivity index (χ4n) is 2.13. The third-order valence-corrected chi connectivity index (χ3v) is 3.41. The fraction of sp³-hybridized carbons (Fsp3) is 0.500. The molecule has 1 aromatic carbocycles. The van der Waals surface area contributed by atoms with Crippen molar-refractivity contribution < 1.29 is 4.74 Å². The van der Waals surface area contributed by atoms with Crippen molar-refractivity contribution in [2.45, 2.75) is 32.3 Å². The largest absolute Gasteiger partial charge is 0.376 e. The van der Waals surface area contributed by atoms with Crippen LogP contribution in [-0.4, -0.2) is 24.4 Å². The topological polar surface area (TPSA) is 33.3 Å². The van der Waals surface area contributed by atoms with Crippen LogP contribution in [-0.2, 0) is 11.2 Å². The van der Waals surface area contributed by atoms with Crippen molar-refractivity contribution >= 4 is 23.0 Å². The van der Waals surface area contributed by atoms with E-state index < -0.39 is 0 Å². The number of aryl methyl sites for hydroxylation is 1. The second-order valence-electron chi connectivity index (χ2n) is 4.48. The Labute approximate surface area is 114 Å². The summed E-state index contributed by atoms with van der Waals surface area (Å²) in [7, 11) is 0. The average Bonchev–Trinajstić information content (AvgIpc) is 2.90. The Kier molecular flexibility index (Phi) is 4.96. The molecule has 2 rings (SSSR count). The van der Waals surface area contributed by atoms with Gasteiger partial charge in [-0.25, -0.2) is 0 Å². The minimum Gasteiger partial charge on any atom is -0.376 e. The molecule has 1 fully saturated rings. The van der Waals surface area contributed by atoms with Gasteiger partial charge in [-0.3, -0.25) is 0 Å². The Morgan fingerprint density at radius 2 is 2.28 bits per heavy atom. The lowest BCUT2D eigenvalue weighted by Crippen LogP contribution is -2.35. The lowest BCUT2D eigenvalue weighted by Gasteiger charge is -2.15. The molecule has 1 unspecified atom stereocenters. The summed E-state index contributed by atoms with van der Waals surface area (Å²) < 4.78 is 5.55. The molecule has 1 aromatic rings. The summed E-state index contributed by atoms with van der Waals surface area (Å²) >= 11 is 5.30. The predicted octanol–water partition coefficient (Wildman–Crippen LogP) is 2.71. The fourth-order valence-corrected chi connectivity index (χ4v) is 2.32. The van der Waals surface area contributed by atoms with Crippen LogP contribution in [0.2, 0.25) is 0 Å². The van der Waals surface area contributed by atoms with E-state index in [2.05, 4.69) is 29.7 Å². The summed E-state index contributed by atoms with van der Waals surface area (Å²) in [6.45, 7) is 3.81. The molecule has 1 aliphatic rings. The monoisotopic (exact) mass is 264 g/mol. The maximum absolute atomic E-state index is 5.55. The van der Waals surface area contributed by atoms with Crippen LogP contribution in [0.15, 0.2) is 24.3 Å². The zero-order valence-electron chi connectivity index (χ0n) is 10.7. The lowest BCUT2D eigenvalue weighted by atomic mass is 10.1. The first-order valence-electron chi connectivity index (χ1n) is 6.54. The molecule has 0 spiro atoms. The normalized spacial score (nSPS) is 18.6. The van der Waals surface area contributed by atoms with Crippen LogP contribution < -0.4 is 10.6 Å². The molecule has 1 aliphatic heterocycles. The van der Waals surface area contributed by atoms with Crippen LogP contribution in [0.3, 0.4) is 0 Å². The Hall–Kier alpha value is -1.13. The first-order valence-corrected chi connectivity index (χ1v) is 6.94. The first-order chi connectivity index (χ1) is 8.79. The van der Waals surface area contributed by atoms with E-state index in [0.717, 1.165) is 38.1 Å². The SMILES string of the molecule is CCc1ccccc1NC(=S)NCC1CCCO1. The van der Waals surface area contributed by atoms with Gasteiger partial charge in [-0.05, 0) is 43.1 Å². The standard InChI is InChI=1S/C14H20N2OS/c1-2-11-6-3-4-8-13(11)16-14(18)15-10-12-7-5-9-17-12/h3-4,6,8,12H,2,5,7,9-10H2,1H3,(H2,15,16,18). The van der Waals surface area contributed by atoms with E-state index in [9.17, 15) is 0 Å². The second-order valence-corrected chi connectivity index (χ2v) is 4.89. The van der Waals surface area contributed by atoms with Crippen molar-refractivity contribution in [3.63, 3.8) is 0 Å². The van der Waals surface area contributed by atoms with E-state index in [-0.39, 0.29) is 0 Å². The summed E-state index contributed by atoms with van der Waals surface area (Å²) in [6.07, 6.45) is 3.59. The molecule has 3 nitrogen and oxygen atoms in total. The summed E-state index contributed by atoms with van der Waals surface area (Å²) in [5.74, 6) is 0. The van der Waals surface area contributed by atoms with Gasteiger partial charge in [0.1, 0.15) is 0 Å². The molecule has 18 heavy (non-hydrogen) atoms. The van der Waals surface area contributed by atoms with Crippen molar-refractivity contribution in [2.24, 2.45) is 0 Å². The van der Waals surface area contributed by atoms with Crippen LogP contribution >= 0.6 is 12.2 Å². The van der Waals surface area contributed by atoms with Crippen LogP contribution in [0.1, 0.15) is 25.3 Å². The van der Waals surface area contributed by atoms with Gasteiger partial charge in [-0.2, -0.15) is 0 Å². The van der Waals surface area contributed by atoms with Gasteiger partial charge in [0.25, 0.3) is 0 Å². The highest BCUT2D eigenvalue weighted by Gasteiger charge is 2.15. The second kappa shape index (κ2) is 6.71. The molecule has 1 saturated heterocycles. The predicted molar refractivity (Wildman–Crippen MR) is 79.0 cm³/mol. The Morgan fingerprint density at radius 1 is 1.44 bits per heavy atom. The molecule has 0 bridgehead atoms. The van der Waals surface area contributed by atoms with Gasteiger partial charge >= 0.3 is 0 Å². The number of thiocarbonyl (C=S) groups is 1. The Bertz CT molecular complexity index is 403. The quantitative estimate of drug-likeness (QED) is 0.819. The van der Waals surface area contributed by atoms with Crippen molar-refractivity contribution in [3.8, 4) is 0 Å². The molecule has 0 amide bonds. The van der Waals surface area contributed by atoms with E-state index >= 15 is 0 Å². The highest BCUT2D eigenvalue weighted by Crippen LogP contribution is 2.15. The molecular weight excluding hydrogens is 244 g/mol. The molecule has 0 aliphatic carbocycles. The summed E-state index contributed by atoms with van der Waals surface area (Å²) in [4.78, 5) is 0. The van der Waals surface area contributed by atoms with Gasteiger partial charge < -0.3 is 15.4 Å². The molecule has 0 saturated carbocycles. The molecular formula is C14H20N2OS. The summed E-state index contributed by atoms with van der Waals surface area (Å²) in [5, 5.41) is 7.14. The van der Waals surface area contributed by atoms with Crippen LogP contribution in [0, 0.1) is 0 Å². The average molecular weight is 264 g/mol. The van der Waals surface area contributed by atoms with Gasteiger partial charge in [0.05, 0.1) is 6.10 Å². The van der Waals surface area contributed by atoms with Gasteiger partial charge in [0.2, 0.25) is 0 Å². The van der Waals surface area contributed by atoms with Crippen molar-refractivity contribution in [2.75, 3.05) is 18.5 Å². The van der Waals surface area contributed by atoms with Gasteiger partial charge in [0.15, 0.2) is 5.11 Å². The zero-order valence-corrected chi connectivity index (χ0v) is 11.6. The number of hydrogen-bond acceptors (Lipinski definition) is 2. The third kappa shape index (κ3) is 3.68.